The molecule has 0 unspecified atom stereocenters. The molecule has 0 aromatic heterocycles. The van der Waals surface area contributed by atoms with Gasteiger partial charge in [0, 0.05) is 11.6 Å². The van der Waals surface area contributed by atoms with Crippen LogP contribution in [0.3, 0.4) is 0 Å². The van der Waals surface area contributed by atoms with E-state index in [9.17, 15) is 4.79 Å². The van der Waals surface area contributed by atoms with Gasteiger partial charge in [0.25, 0.3) is 0 Å². The number of ether oxygens (including phenoxy) is 1. The fourth-order valence-electron chi connectivity index (χ4n) is 0.938. The zero-order chi connectivity index (χ0) is 11.1. The lowest BCUT2D eigenvalue weighted by atomic mass is 10.2. The molecule has 1 aromatic carbocycles. The second-order valence-corrected chi connectivity index (χ2v) is 3.00. The summed E-state index contributed by atoms with van der Waals surface area (Å²) in [5, 5.41) is 2.53. The smallest absolute Gasteiger partial charge is 0.412 e. The molecule has 15 heavy (non-hydrogen) atoms. The zero-order valence-electron chi connectivity index (χ0n) is 8.00. The van der Waals surface area contributed by atoms with Crippen molar-refractivity contribution in [3.05, 3.63) is 29.8 Å². The lowest BCUT2D eigenvalue weighted by Crippen LogP contribution is -2.13. The molecule has 0 saturated carbocycles. The predicted octanol–water partition coefficient (Wildman–Crippen LogP) is 2.61. The first-order valence-corrected chi connectivity index (χ1v) is 4.82. The molecule has 0 spiro atoms. The number of halogens is 1. The maximum atomic E-state index is 11.1. The Hall–Kier alpha value is -1.66. The van der Waals surface area contributed by atoms with Crippen LogP contribution in [0.4, 0.5) is 10.5 Å². The molecular weight excluding hydrogens is 214 g/mol. The molecule has 0 bridgehead atoms. The second-order valence-electron chi connectivity index (χ2n) is 2.74. The molecular formula is C11H10ClNO2. The summed E-state index contributed by atoms with van der Waals surface area (Å²) < 4.78 is 4.64. The van der Waals surface area contributed by atoms with Crippen molar-refractivity contribution < 1.29 is 9.53 Å². The quantitative estimate of drug-likeness (QED) is 0.632. The highest BCUT2D eigenvalue weighted by atomic mass is 35.5. The summed E-state index contributed by atoms with van der Waals surface area (Å²) in [4.78, 5) is 11.1. The first kappa shape index (κ1) is 11.4. The number of nitrogens with one attached hydrogen (secondary N) is 1. The average Bonchev–Trinajstić information content (AvgIpc) is 2.27. The summed E-state index contributed by atoms with van der Waals surface area (Å²) in [6.07, 6.45) is 4.38. The van der Waals surface area contributed by atoms with Crippen molar-refractivity contribution >= 4 is 23.4 Å². The average molecular weight is 224 g/mol. The Kier molecular flexibility index (Phi) is 4.52. The van der Waals surface area contributed by atoms with Crippen LogP contribution < -0.4 is 5.32 Å². The lowest BCUT2D eigenvalue weighted by molar-refractivity contribution is 0.176. The van der Waals surface area contributed by atoms with Crippen LogP contribution in [0.1, 0.15) is 5.56 Å². The summed E-state index contributed by atoms with van der Waals surface area (Å²) in [5.74, 6) is 2.65. The van der Waals surface area contributed by atoms with Gasteiger partial charge in [-0.2, -0.15) is 0 Å². The van der Waals surface area contributed by atoms with Crippen molar-refractivity contribution in [3.8, 4) is 12.3 Å². The van der Waals surface area contributed by atoms with Crippen molar-refractivity contribution in [1.29, 1.82) is 0 Å². The number of rotatable bonds is 3. The third kappa shape index (κ3) is 3.92. The molecule has 1 rings (SSSR count). The Morgan fingerprint density at radius 1 is 1.47 bits per heavy atom. The van der Waals surface area contributed by atoms with Gasteiger partial charge in [0.05, 0.1) is 0 Å². The molecule has 0 atom stereocenters. The minimum Gasteiger partial charge on any atom is -0.436 e. The van der Waals surface area contributed by atoms with Gasteiger partial charge in [-0.1, -0.05) is 18.1 Å². The molecule has 0 fully saturated rings. The van der Waals surface area contributed by atoms with Crippen molar-refractivity contribution in [2.75, 3.05) is 11.9 Å². The fourth-order valence-corrected chi connectivity index (χ4v) is 1.12. The summed E-state index contributed by atoms with van der Waals surface area (Å²) in [5.41, 5.74) is 1.63. The Morgan fingerprint density at radius 3 is 2.67 bits per heavy atom. The number of alkyl halides is 1. The Labute approximate surface area is 93.4 Å². The van der Waals surface area contributed by atoms with Crippen LogP contribution >= 0.6 is 11.6 Å². The van der Waals surface area contributed by atoms with Gasteiger partial charge in [-0.15, -0.1) is 18.0 Å². The summed E-state index contributed by atoms with van der Waals surface area (Å²) in [6, 6.07) is 7.14. The number of hydrogen-bond donors (Lipinski definition) is 1. The predicted molar refractivity (Wildman–Crippen MR) is 59.8 cm³/mol. The molecule has 0 aliphatic heterocycles. The van der Waals surface area contributed by atoms with Gasteiger partial charge in [-0.25, -0.2) is 4.79 Å². The van der Waals surface area contributed by atoms with Gasteiger partial charge < -0.3 is 4.74 Å². The van der Waals surface area contributed by atoms with E-state index in [1.807, 2.05) is 12.1 Å². The zero-order valence-corrected chi connectivity index (χ0v) is 8.75. The van der Waals surface area contributed by atoms with E-state index < -0.39 is 6.09 Å². The van der Waals surface area contributed by atoms with Crippen LogP contribution in [-0.2, 0) is 10.6 Å². The normalized spacial score (nSPS) is 9.07. The molecule has 0 heterocycles. The van der Waals surface area contributed by atoms with E-state index >= 15 is 0 Å². The third-order valence-corrected chi connectivity index (χ3v) is 1.95. The summed E-state index contributed by atoms with van der Waals surface area (Å²) in [7, 11) is 0. The molecule has 0 aliphatic rings. The number of terminal acetylenes is 1. The standard InChI is InChI=1S/C11H10ClNO2/c1-2-7-15-11(14)13-10-5-3-9(8-12)4-6-10/h1,3-6H,7-8H2,(H,13,14). The highest BCUT2D eigenvalue weighted by Gasteiger charge is 2.01. The van der Waals surface area contributed by atoms with Crippen LogP contribution in [0.5, 0.6) is 0 Å². The summed E-state index contributed by atoms with van der Waals surface area (Å²) in [6.45, 7) is -0.0361. The Morgan fingerprint density at radius 2 is 2.13 bits per heavy atom. The van der Waals surface area contributed by atoms with Crippen molar-refractivity contribution in [2.45, 2.75) is 5.88 Å². The number of amides is 1. The van der Waals surface area contributed by atoms with Crippen LogP contribution in [0, 0.1) is 12.3 Å². The van der Waals surface area contributed by atoms with E-state index in [1.54, 1.807) is 12.1 Å². The van der Waals surface area contributed by atoms with Gasteiger partial charge in [0.15, 0.2) is 6.61 Å². The molecule has 3 nitrogen and oxygen atoms in total. The number of anilines is 1. The lowest BCUT2D eigenvalue weighted by Gasteiger charge is -2.04. The van der Waals surface area contributed by atoms with Gasteiger partial charge in [0.2, 0.25) is 0 Å². The minimum absolute atomic E-state index is 0.0361. The number of benzene rings is 1. The summed E-state index contributed by atoms with van der Waals surface area (Å²) >= 11 is 5.62. The van der Waals surface area contributed by atoms with Gasteiger partial charge in [-0.05, 0) is 17.7 Å². The maximum absolute atomic E-state index is 11.1. The highest BCUT2D eigenvalue weighted by molar-refractivity contribution is 6.17. The van der Waals surface area contributed by atoms with Gasteiger partial charge in [0.1, 0.15) is 0 Å². The monoisotopic (exact) mass is 223 g/mol. The number of carbonyl (C=O) groups is 1. The fraction of sp³-hybridized carbons (Fsp3) is 0.182. The molecule has 0 radical (unpaired) electrons. The third-order valence-electron chi connectivity index (χ3n) is 1.64. The van der Waals surface area contributed by atoms with E-state index in [1.165, 1.54) is 0 Å². The molecule has 1 aromatic rings. The topological polar surface area (TPSA) is 38.3 Å². The first-order chi connectivity index (χ1) is 7.26. The second kappa shape index (κ2) is 5.94. The Bertz CT molecular complexity index is 367. The number of hydrogen-bond acceptors (Lipinski definition) is 2. The molecule has 78 valence electrons. The SMILES string of the molecule is C#CCOC(=O)Nc1ccc(CCl)cc1. The largest absolute Gasteiger partial charge is 0.436 e. The van der Waals surface area contributed by atoms with Gasteiger partial charge in [-0.3, -0.25) is 5.32 Å². The van der Waals surface area contributed by atoms with E-state index in [-0.39, 0.29) is 6.61 Å². The van der Waals surface area contributed by atoms with E-state index in [0.29, 0.717) is 11.6 Å². The molecule has 1 N–H and O–H groups in total. The van der Waals surface area contributed by atoms with Crippen LogP contribution in [0.2, 0.25) is 0 Å². The molecule has 0 aliphatic carbocycles. The first-order valence-electron chi connectivity index (χ1n) is 4.28. The maximum Gasteiger partial charge on any atom is 0.412 e. The van der Waals surface area contributed by atoms with Crippen LogP contribution in [0.15, 0.2) is 24.3 Å². The van der Waals surface area contributed by atoms with E-state index in [4.69, 9.17) is 18.0 Å². The molecule has 4 heteroatoms. The van der Waals surface area contributed by atoms with Crippen LogP contribution in [0.25, 0.3) is 0 Å². The van der Waals surface area contributed by atoms with Crippen molar-refractivity contribution in [1.82, 2.24) is 0 Å². The minimum atomic E-state index is -0.563. The van der Waals surface area contributed by atoms with Gasteiger partial charge >= 0.3 is 6.09 Å². The van der Waals surface area contributed by atoms with Crippen molar-refractivity contribution in [2.24, 2.45) is 0 Å². The molecule has 1 amide bonds. The molecule has 0 saturated heterocycles. The Balaban J connectivity index is 2.50. The highest BCUT2D eigenvalue weighted by Crippen LogP contribution is 2.11. The van der Waals surface area contributed by atoms with E-state index in [0.717, 1.165) is 5.56 Å². The number of carbonyl (C=O) groups excluding carboxylic acids is 1. The van der Waals surface area contributed by atoms with E-state index in [2.05, 4.69) is 16.0 Å². The van der Waals surface area contributed by atoms with Crippen LogP contribution in [-0.4, -0.2) is 12.7 Å². The van der Waals surface area contributed by atoms with Crippen molar-refractivity contribution in [3.63, 3.8) is 0 Å².